The topological polar surface area (TPSA) is 78.6 Å². The number of urea groups is 1. The third-order valence-corrected chi connectivity index (χ3v) is 4.56. The van der Waals surface area contributed by atoms with Crippen LogP contribution in [-0.2, 0) is 6.42 Å². The van der Waals surface area contributed by atoms with E-state index in [1.807, 2.05) is 13.8 Å². The highest BCUT2D eigenvalue weighted by atomic mass is 16.5. The number of hydrogen-bond acceptors (Lipinski definition) is 4. The molecule has 1 aliphatic carbocycles. The second-order valence-electron chi connectivity index (χ2n) is 6.28. The number of carbonyl (C=O) groups excluding carboxylic acids is 1. The molecule has 2 rings (SSSR count). The summed E-state index contributed by atoms with van der Waals surface area (Å²) in [7, 11) is 1.78. The van der Waals surface area contributed by atoms with Gasteiger partial charge in [0.15, 0.2) is 0 Å². The van der Waals surface area contributed by atoms with Crippen LogP contribution in [0, 0.1) is 19.8 Å². The van der Waals surface area contributed by atoms with E-state index in [2.05, 4.69) is 10.5 Å². The van der Waals surface area contributed by atoms with Crippen LogP contribution < -0.4 is 5.32 Å². The van der Waals surface area contributed by atoms with Crippen molar-refractivity contribution in [2.45, 2.75) is 52.1 Å². The van der Waals surface area contributed by atoms with Crippen LogP contribution in [0.25, 0.3) is 0 Å². The van der Waals surface area contributed by atoms with Crippen LogP contribution in [0.15, 0.2) is 4.52 Å². The highest BCUT2D eigenvalue weighted by Crippen LogP contribution is 2.24. The first-order valence-corrected chi connectivity index (χ1v) is 8.07. The number of amides is 2. The summed E-state index contributed by atoms with van der Waals surface area (Å²) in [5, 5.41) is 16.8. The van der Waals surface area contributed by atoms with Crippen molar-refractivity contribution in [3.63, 3.8) is 0 Å². The van der Waals surface area contributed by atoms with Crippen LogP contribution in [0.3, 0.4) is 0 Å². The first kappa shape index (κ1) is 16.8. The number of aliphatic hydroxyl groups excluding tert-OH is 1. The molecular weight excluding hydrogens is 282 g/mol. The predicted molar refractivity (Wildman–Crippen MR) is 83.7 cm³/mol. The molecule has 22 heavy (non-hydrogen) atoms. The number of hydrogen-bond donors (Lipinski definition) is 2. The van der Waals surface area contributed by atoms with Gasteiger partial charge in [0.05, 0.1) is 11.8 Å². The van der Waals surface area contributed by atoms with Crippen molar-refractivity contribution in [3.8, 4) is 0 Å². The molecule has 0 saturated heterocycles. The van der Waals surface area contributed by atoms with Crippen LogP contribution in [0.1, 0.15) is 42.7 Å². The smallest absolute Gasteiger partial charge is 0.317 e. The molecule has 2 unspecified atom stereocenters. The van der Waals surface area contributed by atoms with Gasteiger partial charge in [-0.1, -0.05) is 18.0 Å². The number of aryl methyl sites for hydroxylation is 2. The van der Waals surface area contributed by atoms with Crippen LogP contribution in [0.4, 0.5) is 4.79 Å². The van der Waals surface area contributed by atoms with Gasteiger partial charge in [0.1, 0.15) is 5.76 Å². The fourth-order valence-corrected chi connectivity index (χ4v) is 3.12. The summed E-state index contributed by atoms with van der Waals surface area (Å²) >= 11 is 0. The molecule has 2 amide bonds. The van der Waals surface area contributed by atoms with Crippen molar-refractivity contribution in [2.75, 3.05) is 20.1 Å². The average Bonchev–Trinajstić information content (AvgIpc) is 2.81. The molecule has 0 aromatic carbocycles. The van der Waals surface area contributed by atoms with Gasteiger partial charge in [-0.15, -0.1) is 0 Å². The lowest BCUT2D eigenvalue weighted by Gasteiger charge is -2.31. The van der Waals surface area contributed by atoms with Gasteiger partial charge >= 0.3 is 6.03 Å². The van der Waals surface area contributed by atoms with E-state index in [0.717, 1.165) is 42.7 Å². The van der Waals surface area contributed by atoms with Crippen molar-refractivity contribution >= 4 is 6.03 Å². The maximum absolute atomic E-state index is 12.1. The first-order chi connectivity index (χ1) is 10.5. The van der Waals surface area contributed by atoms with Crippen molar-refractivity contribution < 1.29 is 14.4 Å². The summed E-state index contributed by atoms with van der Waals surface area (Å²) in [6.45, 7) is 4.95. The molecule has 0 bridgehead atoms. The average molecular weight is 309 g/mol. The van der Waals surface area contributed by atoms with E-state index in [1.54, 1.807) is 11.9 Å². The molecule has 6 nitrogen and oxygen atoms in total. The number of aromatic nitrogens is 1. The Kier molecular flexibility index (Phi) is 5.83. The Morgan fingerprint density at radius 1 is 1.41 bits per heavy atom. The summed E-state index contributed by atoms with van der Waals surface area (Å²) in [4.78, 5) is 13.8. The first-order valence-electron chi connectivity index (χ1n) is 8.07. The van der Waals surface area contributed by atoms with E-state index in [1.165, 1.54) is 0 Å². The van der Waals surface area contributed by atoms with Crippen molar-refractivity contribution in [1.82, 2.24) is 15.4 Å². The summed E-state index contributed by atoms with van der Waals surface area (Å²) < 4.78 is 5.11. The third-order valence-electron chi connectivity index (χ3n) is 4.56. The van der Waals surface area contributed by atoms with Gasteiger partial charge in [-0.05, 0) is 33.1 Å². The Balaban J connectivity index is 1.74. The highest BCUT2D eigenvalue weighted by Gasteiger charge is 2.25. The fraction of sp³-hybridized carbons (Fsp3) is 0.750. The van der Waals surface area contributed by atoms with Gasteiger partial charge in [-0.25, -0.2) is 4.79 Å². The largest absolute Gasteiger partial charge is 0.393 e. The highest BCUT2D eigenvalue weighted by molar-refractivity contribution is 5.73. The maximum atomic E-state index is 12.1. The lowest BCUT2D eigenvalue weighted by molar-refractivity contribution is 0.0565. The standard InChI is InChI=1S/C16H27N3O3/c1-11-14(12(2)22-18-11)8-9-17-16(21)19(3)10-13-6-4-5-7-15(13)20/h13,15,20H,4-10H2,1-3H3,(H,17,21). The minimum absolute atomic E-state index is 0.0930. The zero-order valence-electron chi connectivity index (χ0n) is 13.8. The Bertz CT molecular complexity index is 481. The maximum Gasteiger partial charge on any atom is 0.317 e. The monoisotopic (exact) mass is 309 g/mol. The second kappa shape index (κ2) is 7.63. The van der Waals surface area contributed by atoms with Gasteiger partial charge in [-0.2, -0.15) is 0 Å². The molecule has 1 saturated carbocycles. The third kappa shape index (κ3) is 4.22. The molecule has 0 radical (unpaired) electrons. The second-order valence-corrected chi connectivity index (χ2v) is 6.28. The summed E-state index contributed by atoms with van der Waals surface area (Å²) in [6, 6.07) is -0.0930. The lowest BCUT2D eigenvalue weighted by atomic mass is 9.86. The number of rotatable bonds is 5. The van der Waals surface area contributed by atoms with Crippen molar-refractivity contribution in [1.29, 1.82) is 0 Å². The molecule has 1 fully saturated rings. The summed E-state index contributed by atoms with van der Waals surface area (Å²) in [5.74, 6) is 1.01. The molecule has 1 heterocycles. The molecule has 2 atom stereocenters. The van der Waals surface area contributed by atoms with E-state index < -0.39 is 0 Å². The molecule has 1 aromatic rings. The van der Waals surface area contributed by atoms with Crippen LogP contribution in [-0.4, -0.2) is 47.4 Å². The zero-order valence-corrected chi connectivity index (χ0v) is 13.8. The Morgan fingerprint density at radius 3 is 2.77 bits per heavy atom. The van der Waals surface area contributed by atoms with Crippen molar-refractivity contribution in [3.05, 3.63) is 17.0 Å². The Hall–Kier alpha value is -1.56. The van der Waals surface area contributed by atoms with Gasteiger partial charge < -0.3 is 19.8 Å². The number of nitrogens with zero attached hydrogens (tertiary/aromatic N) is 2. The molecule has 0 aliphatic heterocycles. The minimum Gasteiger partial charge on any atom is -0.393 e. The molecule has 2 N–H and O–H groups in total. The lowest BCUT2D eigenvalue weighted by Crippen LogP contribution is -2.43. The molecular formula is C16H27N3O3. The normalized spacial score (nSPS) is 21.6. The molecule has 124 valence electrons. The van der Waals surface area contributed by atoms with Crippen LogP contribution in [0.5, 0.6) is 0 Å². The summed E-state index contributed by atoms with van der Waals surface area (Å²) in [5.41, 5.74) is 1.94. The molecule has 1 aliphatic rings. The van der Waals surface area contributed by atoms with Crippen LogP contribution in [0.2, 0.25) is 0 Å². The quantitative estimate of drug-likeness (QED) is 0.872. The fourth-order valence-electron chi connectivity index (χ4n) is 3.12. The summed E-state index contributed by atoms with van der Waals surface area (Å²) in [6.07, 6.45) is 4.52. The Labute approximate surface area is 131 Å². The van der Waals surface area contributed by atoms with E-state index in [9.17, 15) is 9.90 Å². The van der Waals surface area contributed by atoms with Gasteiger partial charge in [0.25, 0.3) is 0 Å². The van der Waals surface area contributed by atoms with Gasteiger partial charge in [0.2, 0.25) is 0 Å². The SMILES string of the molecule is Cc1noc(C)c1CCNC(=O)N(C)CC1CCCCC1O. The van der Waals surface area contributed by atoms with Gasteiger partial charge in [0, 0.05) is 31.6 Å². The van der Waals surface area contributed by atoms with E-state index in [4.69, 9.17) is 4.52 Å². The molecule has 1 aromatic heterocycles. The minimum atomic E-state index is -0.272. The predicted octanol–water partition coefficient (Wildman–Crippen LogP) is 2.03. The Morgan fingerprint density at radius 2 is 2.14 bits per heavy atom. The molecule has 0 spiro atoms. The number of carbonyl (C=O) groups is 1. The van der Waals surface area contributed by atoms with Crippen molar-refractivity contribution in [2.24, 2.45) is 5.92 Å². The molecule has 6 heteroatoms. The number of nitrogens with one attached hydrogen (secondary N) is 1. The van der Waals surface area contributed by atoms with E-state index >= 15 is 0 Å². The zero-order chi connectivity index (χ0) is 16.1. The van der Waals surface area contributed by atoms with E-state index in [0.29, 0.717) is 19.5 Å². The van der Waals surface area contributed by atoms with E-state index in [-0.39, 0.29) is 18.1 Å². The van der Waals surface area contributed by atoms with Crippen LogP contribution >= 0.6 is 0 Å². The van der Waals surface area contributed by atoms with Gasteiger partial charge in [-0.3, -0.25) is 0 Å². The number of aliphatic hydroxyl groups is 1.